The fourth-order valence-corrected chi connectivity index (χ4v) is 1.37. The molecule has 0 bridgehead atoms. The van der Waals surface area contributed by atoms with E-state index < -0.39 is 0 Å². The zero-order valence-electron chi connectivity index (χ0n) is 8.95. The van der Waals surface area contributed by atoms with Crippen LogP contribution in [0.2, 0.25) is 5.02 Å². The predicted molar refractivity (Wildman–Crippen MR) is 62.5 cm³/mol. The molecule has 0 aromatic heterocycles. The van der Waals surface area contributed by atoms with Gasteiger partial charge in [0.15, 0.2) is 0 Å². The molecule has 1 aromatic rings. The summed E-state index contributed by atoms with van der Waals surface area (Å²) in [5, 5.41) is 10.2. The summed E-state index contributed by atoms with van der Waals surface area (Å²) in [6, 6.07) is 7.15. The molecule has 1 N–H and O–H groups in total. The molecule has 84 valence electrons. The van der Waals surface area contributed by atoms with Crippen LogP contribution in [0, 0.1) is 0 Å². The molecule has 0 aliphatic heterocycles. The SMILES string of the molecule is CCCCC(O)COc1ccc(Cl)cc1. The third-order valence-corrected chi connectivity index (χ3v) is 2.40. The maximum absolute atomic E-state index is 9.55. The molecule has 0 fully saturated rings. The van der Waals surface area contributed by atoms with Crippen LogP contribution < -0.4 is 4.74 Å². The molecule has 1 rings (SSSR count). The lowest BCUT2D eigenvalue weighted by Gasteiger charge is -2.11. The van der Waals surface area contributed by atoms with E-state index in [2.05, 4.69) is 6.92 Å². The van der Waals surface area contributed by atoms with Crippen LogP contribution in [-0.4, -0.2) is 17.8 Å². The van der Waals surface area contributed by atoms with Crippen molar-refractivity contribution in [1.29, 1.82) is 0 Å². The molecule has 1 unspecified atom stereocenters. The summed E-state index contributed by atoms with van der Waals surface area (Å²) < 4.78 is 5.41. The molecule has 0 saturated heterocycles. The molecule has 1 aromatic carbocycles. The van der Waals surface area contributed by atoms with E-state index in [9.17, 15) is 5.11 Å². The molecule has 2 nitrogen and oxygen atoms in total. The van der Waals surface area contributed by atoms with Crippen molar-refractivity contribution in [2.75, 3.05) is 6.61 Å². The Kier molecular flexibility index (Phi) is 5.51. The summed E-state index contributed by atoms with van der Waals surface area (Å²) in [6.07, 6.45) is 2.55. The van der Waals surface area contributed by atoms with Gasteiger partial charge >= 0.3 is 0 Å². The van der Waals surface area contributed by atoms with Crippen molar-refractivity contribution in [3.8, 4) is 5.75 Å². The van der Waals surface area contributed by atoms with E-state index in [1.807, 2.05) is 0 Å². The summed E-state index contributed by atoms with van der Waals surface area (Å²) in [4.78, 5) is 0. The predicted octanol–water partition coefficient (Wildman–Crippen LogP) is 3.27. The molecule has 0 aliphatic carbocycles. The first kappa shape index (κ1) is 12.3. The van der Waals surface area contributed by atoms with Crippen LogP contribution in [0.3, 0.4) is 0 Å². The highest BCUT2D eigenvalue weighted by atomic mass is 35.5. The molecule has 0 heterocycles. The Hall–Kier alpha value is -0.730. The van der Waals surface area contributed by atoms with E-state index in [1.54, 1.807) is 24.3 Å². The van der Waals surface area contributed by atoms with Crippen molar-refractivity contribution in [1.82, 2.24) is 0 Å². The molecule has 0 radical (unpaired) electrons. The minimum atomic E-state index is -0.374. The van der Waals surface area contributed by atoms with Crippen molar-refractivity contribution in [2.24, 2.45) is 0 Å². The smallest absolute Gasteiger partial charge is 0.119 e. The number of benzene rings is 1. The average Bonchev–Trinajstić information content (AvgIpc) is 2.25. The molecule has 0 amide bonds. The van der Waals surface area contributed by atoms with Gasteiger partial charge in [0.2, 0.25) is 0 Å². The van der Waals surface area contributed by atoms with Crippen molar-refractivity contribution in [3.05, 3.63) is 29.3 Å². The Morgan fingerprint density at radius 2 is 2.00 bits per heavy atom. The van der Waals surface area contributed by atoms with Gasteiger partial charge in [-0.25, -0.2) is 0 Å². The first-order valence-corrected chi connectivity index (χ1v) is 5.66. The van der Waals surface area contributed by atoms with Crippen LogP contribution in [0.4, 0.5) is 0 Å². The zero-order chi connectivity index (χ0) is 11.1. The summed E-state index contributed by atoms with van der Waals surface area (Å²) in [5.41, 5.74) is 0. The van der Waals surface area contributed by atoms with Gasteiger partial charge in [0.25, 0.3) is 0 Å². The van der Waals surface area contributed by atoms with Crippen molar-refractivity contribution in [3.63, 3.8) is 0 Å². The third-order valence-electron chi connectivity index (χ3n) is 2.15. The molecule has 0 saturated carbocycles. The fraction of sp³-hybridized carbons (Fsp3) is 0.500. The Morgan fingerprint density at radius 1 is 1.33 bits per heavy atom. The van der Waals surface area contributed by atoms with E-state index in [-0.39, 0.29) is 6.10 Å². The van der Waals surface area contributed by atoms with Crippen LogP contribution in [0.25, 0.3) is 0 Å². The van der Waals surface area contributed by atoms with Crippen molar-refractivity contribution in [2.45, 2.75) is 32.3 Å². The lowest BCUT2D eigenvalue weighted by molar-refractivity contribution is 0.0980. The average molecular weight is 229 g/mol. The number of ether oxygens (including phenoxy) is 1. The Balaban J connectivity index is 2.27. The van der Waals surface area contributed by atoms with Crippen LogP contribution in [0.15, 0.2) is 24.3 Å². The van der Waals surface area contributed by atoms with Gasteiger partial charge in [-0.1, -0.05) is 31.4 Å². The second kappa shape index (κ2) is 6.70. The number of unbranched alkanes of at least 4 members (excludes halogenated alkanes) is 1. The van der Waals surface area contributed by atoms with Gasteiger partial charge in [-0.3, -0.25) is 0 Å². The number of halogens is 1. The van der Waals surface area contributed by atoms with Gasteiger partial charge in [0, 0.05) is 5.02 Å². The van der Waals surface area contributed by atoms with Crippen LogP contribution in [0.1, 0.15) is 26.2 Å². The Labute approximate surface area is 95.8 Å². The molecule has 0 aliphatic rings. The highest BCUT2D eigenvalue weighted by Crippen LogP contribution is 2.16. The summed E-state index contributed by atoms with van der Waals surface area (Å²) in [5.74, 6) is 0.745. The maximum atomic E-state index is 9.55. The topological polar surface area (TPSA) is 29.5 Å². The number of rotatable bonds is 6. The minimum Gasteiger partial charge on any atom is -0.491 e. The number of aliphatic hydroxyl groups is 1. The monoisotopic (exact) mass is 228 g/mol. The van der Waals surface area contributed by atoms with Gasteiger partial charge in [-0.05, 0) is 30.7 Å². The molecular weight excluding hydrogens is 212 g/mol. The van der Waals surface area contributed by atoms with Gasteiger partial charge in [0.1, 0.15) is 12.4 Å². The maximum Gasteiger partial charge on any atom is 0.119 e. The lowest BCUT2D eigenvalue weighted by Crippen LogP contribution is -2.17. The summed E-state index contributed by atoms with van der Waals surface area (Å²) >= 11 is 5.74. The van der Waals surface area contributed by atoms with Gasteiger partial charge in [0.05, 0.1) is 6.10 Å². The lowest BCUT2D eigenvalue weighted by atomic mass is 10.2. The van der Waals surface area contributed by atoms with Gasteiger partial charge < -0.3 is 9.84 Å². The Morgan fingerprint density at radius 3 is 2.60 bits per heavy atom. The van der Waals surface area contributed by atoms with Gasteiger partial charge in [-0.15, -0.1) is 0 Å². The second-order valence-corrected chi connectivity index (χ2v) is 4.00. The van der Waals surface area contributed by atoms with Gasteiger partial charge in [-0.2, -0.15) is 0 Å². The quantitative estimate of drug-likeness (QED) is 0.810. The van der Waals surface area contributed by atoms with Crippen molar-refractivity contribution < 1.29 is 9.84 Å². The van der Waals surface area contributed by atoms with E-state index in [0.717, 1.165) is 25.0 Å². The zero-order valence-corrected chi connectivity index (χ0v) is 9.70. The number of aliphatic hydroxyl groups excluding tert-OH is 1. The summed E-state index contributed by atoms with van der Waals surface area (Å²) in [7, 11) is 0. The fourth-order valence-electron chi connectivity index (χ4n) is 1.25. The van der Waals surface area contributed by atoms with Crippen LogP contribution >= 0.6 is 11.6 Å². The van der Waals surface area contributed by atoms with Crippen LogP contribution in [0.5, 0.6) is 5.75 Å². The number of hydrogen-bond donors (Lipinski definition) is 1. The van der Waals surface area contributed by atoms with Crippen LogP contribution in [-0.2, 0) is 0 Å². The largest absolute Gasteiger partial charge is 0.491 e. The second-order valence-electron chi connectivity index (χ2n) is 3.56. The van der Waals surface area contributed by atoms with E-state index in [4.69, 9.17) is 16.3 Å². The van der Waals surface area contributed by atoms with E-state index in [1.165, 1.54) is 0 Å². The molecule has 1 atom stereocenters. The highest BCUT2D eigenvalue weighted by molar-refractivity contribution is 6.30. The highest BCUT2D eigenvalue weighted by Gasteiger charge is 2.04. The minimum absolute atomic E-state index is 0.349. The standard InChI is InChI=1S/C12H17ClO2/c1-2-3-4-11(14)9-15-12-7-5-10(13)6-8-12/h5-8,11,14H,2-4,9H2,1H3. The molecule has 0 spiro atoms. The van der Waals surface area contributed by atoms with Crippen molar-refractivity contribution >= 4 is 11.6 Å². The third kappa shape index (κ3) is 5.05. The normalized spacial score (nSPS) is 12.5. The Bertz CT molecular complexity index is 271. The molecular formula is C12H17ClO2. The number of hydrogen-bond acceptors (Lipinski definition) is 2. The molecule has 3 heteroatoms. The molecule has 15 heavy (non-hydrogen) atoms. The first-order valence-electron chi connectivity index (χ1n) is 5.28. The van der Waals surface area contributed by atoms with E-state index in [0.29, 0.717) is 11.6 Å². The summed E-state index contributed by atoms with van der Waals surface area (Å²) in [6.45, 7) is 2.45. The first-order chi connectivity index (χ1) is 7.22. The van der Waals surface area contributed by atoms with E-state index >= 15 is 0 Å².